The van der Waals surface area contributed by atoms with Gasteiger partial charge in [-0.1, -0.05) is 29.8 Å². The van der Waals surface area contributed by atoms with E-state index in [0.717, 1.165) is 11.3 Å². The Balaban J connectivity index is 2.21. The molecule has 0 saturated carbocycles. The lowest BCUT2D eigenvalue weighted by Gasteiger charge is -2.27. The van der Waals surface area contributed by atoms with Gasteiger partial charge in [0, 0.05) is 12.1 Å². The van der Waals surface area contributed by atoms with Crippen LogP contribution in [0.25, 0.3) is 0 Å². The summed E-state index contributed by atoms with van der Waals surface area (Å²) in [6, 6.07) is 8.01. The first-order valence-electron chi connectivity index (χ1n) is 6.83. The Bertz CT molecular complexity index is 635. The number of hydrogen-bond donors (Lipinski definition) is 2. The fourth-order valence-electron chi connectivity index (χ4n) is 2.21. The van der Waals surface area contributed by atoms with Gasteiger partial charge in [-0.3, -0.25) is 0 Å². The highest BCUT2D eigenvalue weighted by Gasteiger charge is 2.19. The van der Waals surface area contributed by atoms with Crippen molar-refractivity contribution in [2.75, 3.05) is 38.8 Å². The summed E-state index contributed by atoms with van der Waals surface area (Å²) in [4.78, 5) is 10.1. The van der Waals surface area contributed by atoms with Crippen LogP contribution in [0.4, 0.5) is 11.6 Å². The van der Waals surface area contributed by atoms with Gasteiger partial charge in [-0.15, -0.1) is 0 Å². The Hall–Kier alpha value is -2.05. The van der Waals surface area contributed by atoms with Crippen molar-refractivity contribution in [2.24, 2.45) is 0 Å². The molecule has 1 heterocycles. The van der Waals surface area contributed by atoms with E-state index in [1.165, 1.54) is 6.33 Å². The number of benzene rings is 1. The zero-order chi connectivity index (χ0) is 16.1. The quantitative estimate of drug-likeness (QED) is 0.851. The number of nitrogens with one attached hydrogen (secondary N) is 1. The maximum absolute atomic E-state index is 6.11. The lowest BCUT2D eigenvalue weighted by Crippen LogP contribution is -2.27. The zero-order valence-corrected chi connectivity index (χ0v) is 13.6. The highest BCUT2D eigenvalue weighted by atomic mass is 35.5. The monoisotopic (exact) mass is 321 g/mol. The van der Waals surface area contributed by atoms with Crippen molar-refractivity contribution in [1.29, 1.82) is 0 Å². The second-order valence-corrected chi connectivity index (χ2v) is 5.40. The number of halogens is 1. The molecule has 0 aliphatic carbocycles. The molecule has 0 amide bonds. The van der Waals surface area contributed by atoms with E-state index in [1.807, 2.05) is 38.4 Å². The van der Waals surface area contributed by atoms with Crippen LogP contribution in [0.5, 0.6) is 5.75 Å². The third-order valence-electron chi connectivity index (χ3n) is 3.40. The lowest BCUT2D eigenvalue weighted by molar-refractivity contribution is 0.300. The number of hydrogen-bond acceptors (Lipinski definition) is 6. The average Bonchev–Trinajstić information content (AvgIpc) is 2.51. The predicted octanol–water partition coefficient (Wildman–Crippen LogP) is 2.44. The van der Waals surface area contributed by atoms with Gasteiger partial charge in [-0.2, -0.15) is 0 Å². The summed E-state index contributed by atoms with van der Waals surface area (Å²) >= 11 is 6.11. The third-order valence-corrected chi connectivity index (χ3v) is 3.77. The number of ether oxygens (including phenoxy) is 1. The molecule has 0 spiro atoms. The van der Waals surface area contributed by atoms with E-state index >= 15 is 0 Å². The number of nitrogens with two attached hydrogens (primary N) is 1. The van der Waals surface area contributed by atoms with E-state index in [-0.39, 0.29) is 11.9 Å². The summed E-state index contributed by atoms with van der Waals surface area (Å²) in [5.41, 5.74) is 6.77. The van der Waals surface area contributed by atoms with E-state index < -0.39 is 0 Å². The molecule has 3 N–H and O–H groups in total. The van der Waals surface area contributed by atoms with Gasteiger partial charge in [0.25, 0.3) is 0 Å². The normalized spacial score (nSPS) is 12.2. The van der Waals surface area contributed by atoms with Crippen LogP contribution in [0.3, 0.4) is 0 Å². The number of rotatable bonds is 6. The first-order chi connectivity index (χ1) is 10.5. The van der Waals surface area contributed by atoms with Gasteiger partial charge in [0.2, 0.25) is 0 Å². The summed E-state index contributed by atoms with van der Waals surface area (Å²) in [6.07, 6.45) is 1.39. The van der Waals surface area contributed by atoms with Gasteiger partial charge < -0.3 is 20.7 Å². The highest BCUT2D eigenvalue weighted by molar-refractivity contribution is 6.35. The van der Waals surface area contributed by atoms with Crippen LogP contribution >= 0.6 is 11.6 Å². The minimum absolute atomic E-state index is 0.0865. The number of methoxy groups -OCH3 is 1. The van der Waals surface area contributed by atoms with Crippen LogP contribution in [0, 0.1) is 0 Å². The summed E-state index contributed by atoms with van der Waals surface area (Å²) in [5.74, 6) is 1.63. The maximum atomic E-state index is 6.11. The van der Waals surface area contributed by atoms with E-state index in [4.69, 9.17) is 22.1 Å². The van der Waals surface area contributed by atoms with Gasteiger partial charge in [0.1, 0.15) is 22.9 Å². The molecule has 1 unspecified atom stereocenters. The van der Waals surface area contributed by atoms with Crippen molar-refractivity contribution in [3.05, 3.63) is 41.2 Å². The lowest BCUT2D eigenvalue weighted by atomic mass is 10.0. The molecular formula is C15H20ClN5O. The molecule has 1 aromatic heterocycles. The molecule has 118 valence electrons. The summed E-state index contributed by atoms with van der Waals surface area (Å²) < 4.78 is 5.45. The highest BCUT2D eigenvalue weighted by Crippen LogP contribution is 2.29. The Morgan fingerprint density at radius 1 is 1.32 bits per heavy atom. The van der Waals surface area contributed by atoms with E-state index in [0.29, 0.717) is 17.4 Å². The molecule has 1 atom stereocenters. The number of anilines is 2. The minimum Gasteiger partial charge on any atom is -0.496 e. The van der Waals surface area contributed by atoms with Crippen LogP contribution in [0.15, 0.2) is 30.6 Å². The minimum atomic E-state index is 0.0865. The SMILES string of the molecule is COc1ccccc1C(CNc1ncnc(N)c1Cl)N(C)C. The smallest absolute Gasteiger partial charge is 0.150 e. The topological polar surface area (TPSA) is 76.3 Å². The van der Waals surface area contributed by atoms with Crippen LogP contribution in [-0.4, -0.2) is 42.6 Å². The van der Waals surface area contributed by atoms with Gasteiger partial charge >= 0.3 is 0 Å². The molecule has 0 aliphatic heterocycles. The second-order valence-electron chi connectivity index (χ2n) is 5.02. The number of likely N-dealkylation sites (N-methyl/N-ethyl adjacent to an activating group) is 1. The zero-order valence-electron chi connectivity index (χ0n) is 12.9. The molecule has 7 heteroatoms. The average molecular weight is 322 g/mol. The van der Waals surface area contributed by atoms with Crippen LogP contribution in [0.2, 0.25) is 5.02 Å². The van der Waals surface area contributed by atoms with Gasteiger partial charge in [-0.05, 0) is 20.2 Å². The fraction of sp³-hybridized carbons (Fsp3) is 0.333. The summed E-state index contributed by atoms with van der Waals surface area (Å²) in [5, 5.41) is 3.56. The third kappa shape index (κ3) is 3.58. The van der Waals surface area contributed by atoms with Crippen molar-refractivity contribution in [3.8, 4) is 5.75 Å². The van der Waals surface area contributed by atoms with Crippen LogP contribution in [-0.2, 0) is 0 Å². The molecule has 0 bridgehead atoms. The molecular weight excluding hydrogens is 302 g/mol. The van der Waals surface area contributed by atoms with Gasteiger partial charge in [-0.25, -0.2) is 9.97 Å². The molecule has 2 rings (SSSR count). The number of nitrogens with zero attached hydrogens (tertiary/aromatic N) is 3. The van der Waals surface area contributed by atoms with Crippen molar-refractivity contribution < 1.29 is 4.74 Å². The summed E-state index contributed by atoms with van der Waals surface area (Å²) in [6.45, 7) is 0.601. The molecule has 22 heavy (non-hydrogen) atoms. The summed E-state index contributed by atoms with van der Waals surface area (Å²) in [7, 11) is 5.68. The second kappa shape index (κ2) is 7.29. The Labute approximate surface area is 135 Å². The van der Waals surface area contributed by atoms with E-state index in [9.17, 15) is 0 Å². The molecule has 6 nitrogen and oxygen atoms in total. The van der Waals surface area contributed by atoms with Crippen molar-refractivity contribution in [1.82, 2.24) is 14.9 Å². The first-order valence-corrected chi connectivity index (χ1v) is 7.21. The molecule has 0 fully saturated rings. The number of para-hydroxylation sites is 1. The first kappa shape index (κ1) is 16.3. The maximum Gasteiger partial charge on any atom is 0.150 e. The predicted molar refractivity (Wildman–Crippen MR) is 89.4 cm³/mol. The van der Waals surface area contributed by atoms with Crippen LogP contribution < -0.4 is 15.8 Å². The largest absolute Gasteiger partial charge is 0.496 e. The Morgan fingerprint density at radius 3 is 2.73 bits per heavy atom. The molecule has 2 aromatic rings. The molecule has 0 radical (unpaired) electrons. The van der Waals surface area contributed by atoms with Gasteiger partial charge in [0.05, 0.1) is 13.2 Å². The number of aromatic nitrogens is 2. The Kier molecular flexibility index (Phi) is 5.41. The number of nitrogen functional groups attached to an aromatic ring is 1. The van der Waals surface area contributed by atoms with Crippen molar-refractivity contribution in [2.45, 2.75) is 6.04 Å². The van der Waals surface area contributed by atoms with E-state index in [2.05, 4.69) is 20.2 Å². The van der Waals surface area contributed by atoms with Gasteiger partial charge in [0.15, 0.2) is 5.82 Å². The van der Waals surface area contributed by atoms with Crippen molar-refractivity contribution >= 4 is 23.2 Å². The van der Waals surface area contributed by atoms with Crippen molar-refractivity contribution in [3.63, 3.8) is 0 Å². The Morgan fingerprint density at radius 2 is 2.05 bits per heavy atom. The standard InChI is InChI=1S/C15H20ClN5O/c1-21(2)11(10-6-4-5-7-12(10)22-3)8-18-15-13(16)14(17)19-9-20-15/h4-7,9,11H,8H2,1-3H3,(H3,17,18,19,20). The molecule has 0 aliphatic rings. The van der Waals surface area contributed by atoms with E-state index in [1.54, 1.807) is 7.11 Å². The molecule has 1 aromatic carbocycles. The van der Waals surface area contributed by atoms with Crippen LogP contribution in [0.1, 0.15) is 11.6 Å². The molecule has 0 saturated heterocycles. The fourth-order valence-corrected chi connectivity index (χ4v) is 2.38.